The predicted octanol–water partition coefficient (Wildman–Crippen LogP) is 4.29. The van der Waals surface area contributed by atoms with E-state index in [2.05, 4.69) is 15.3 Å². The number of fused-ring (bicyclic) bond motifs is 1. The number of hydrogen-bond donors (Lipinski definition) is 0. The predicted molar refractivity (Wildman–Crippen MR) is 109 cm³/mol. The first-order valence-electron chi connectivity index (χ1n) is 9.11. The van der Waals surface area contributed by atoms with Crippen LogP contribution in [-0.2, 0) is 0 Å². The highest BCUT2D eigenvalue weighted by Crippen LogP contribution is 2.30. The fraction of sp³-hybridized carbons (Fsp3) is 0.0909. The molecule has 0 amide bonds. The fourth-order valence-electron chi connectivity index (χ4n) is 3.42. The molecule has 6 nitrogen and oxygen atoms in total. The Balaban J connectivity index is 1.69. The van der Waals surface area contributed by atoms with E-state index in [1.54, 1.807) is 0 Å². The Morgan fingerprint density at radius 1 is 0.786 bits per heavy atom. The summed E-state index contributed by atoms with van der Waals surface area (Å²) in [6, 6.07) is 20.1. The molecular weight excluding hydrogens is 348 g/mol. The van der Waals surface area contributed by atoms with Crippen LogP contribution in [0, 0.1) is 13.8 Å². The molecule has 0 aliphatic rings. The molecular formula is C22H18N6. The molecule has 136 valence electrons. The van der Waals surface area contributed by atoms with E-state index < -0.39 is 0 Å². The van der Waals surface area contributed by atoms with E-state index >= 15 is 0 Å². The number of aryl methyl sites for hydroxylation is 1. The van der Waals surface area contributed by atoms with Gasteiger partial charge in [0.1, 0.15) is 11.2 Å². The summed E-state index contributed by atoms with van der Waals surface area (Å²) < 4.78 is 3.80. The molecule has 28 heavy (non-hydrogen) atoms. The number of aromatic nitrogens is 6. The minimum absolute atomic E-state index is 0.794. The second-order valence-electron chi connectivity index (χ2n) is 6.70. The van der Waals surface area contributed by atoms with Gasteiger partial charge in [-0.05, 0) is 38.1 Å². The van der Waals surface area contributed by atoms with Gasteiger partial charge >= 0.3 is 0 Å². The van der Waals surface area contributed by atoms with Gasteiger partial charge in [-0.1, -0.05) is 36.4 Å². The van der Waals surface area contributed by atoms with Gasteiger partial charge in [0.15, 0.2) is 0 Å². The molecule has 0 spiro atoms. The third-order valence-electron chi connectivity index (χ3n) is 4.90. The van der Waals surface area contributed by atoms with Crippen LogP contribution in [0.2, 0.25) is 0 Å². The zero-order chi connectivity index (χ0) is 19.1. The van der Waals surface area contributed by atoms with E-state index in [-0.39, 0.29) is 0 Å². The van der Waals surface area contributed by atoms with Crippen molar-refractivity contribution in [3.8, 4) is 22.6 Å². The van der Waals surface area contributed by atoms with Crippen LogP contribution in [0.5, 0.6) is 0 Å². The lowest BCUT2D eigenvalue weighted by atomic mass is 10.1. The molecule has 0 aliphatic carbocycles. The molecule has 2 aromatic carbocycles. The maximum absolute atomic E-state index is 4.75. The standard InChI is InChI=1S/C22H18N6/c1-15-21-20(14-27(26-21)17-9-5-3-6-10-17)22(25-24-15)19-13-23-28(16(19)2)18-11-7-4-8-12-18/h3-14H,1-2H3. The zero-order valence-electron chi connectivity index (χ0n) is 15.6. The van der Waals surface area contributed by atoms with E-state index in [4.69, 9.17) is 5.10 Å². The number of benzene rings is 2. The number of rotatable bonds is 3. The van der Waals surface area contributed by atoms with Crippen LogP contribution in [0.1, 0.15) is 11.4 Å². The SMILES string of the molecule is Cc1nnc(-c2cnn(-c3ccccc3)c2C)c2cn(-c3ccccc3)nc12. The van der Waals surface area contributed by atoms with Gasteiger partial charge < -0.3 is 0 Å². The number of hydrogen-bond acceptors (Lipinski definition) is 4. The van der Waals surface area contributed by atoms with Crippen LogP contribution in [0.25, 0.3) is 33.5 Å². The zero-order valence-corrected chi connectivity index (χ0v) is 15.6. The van der Waals surface area contributed by atoms with Gasteiger partial charge in [-0.25, -0.2) is 9.36 Å². The lowest BCUT2D eigenvalue weighted by molar-refractivity contribution is 0.847. The van der Waals surface area contributed by atoms with Crippen molar-refractivity contribution < 1.29 is 0 Å². The maximum Gasteiger partial charge on any atom is 0.118 e. The summed E-state index contributed by atoms with van der Waals surface area (Å²) in [5.74, 6) is 0. The molecule has 0 N–H and O–H groups in total. The molecule has 6 heteroatoms. The third kappa shape index (κ3) is 2.58. The Kier molecular flexibility index (Phi) is 3.76. The van der Waals surface area contributed by atoms with Crippen molar-refractivity contribution in [3.05, 3.63) is 84.4 Å². The van der Waals surface area contributed by atoms with Gasteiger partial charge in [0.05, 0.1) is 34.3 Å². The number of para-hydroxylation sites is 2. The maximum atomic E-state index is 4.75. The Hall–Kier alpha value is -3.80. The Morgan fingerprint density at radius 2 is 1.46 bits per heavy atom. The molecule has 5 rings (SSSR count). The third-order valence-corrected chi connectivity index (χ3v) is 4.90. The van der Waals surface area contributed by atoms with Crippen molar-refractivity contribution in [2.24, 2.45) is 0 Å². The van der Waals surface area contributed by atoms with Gasteiger partial charge in [-0.3, -0.25) is 0 Å². The fourth-order valence-corrected chi connectivity index (χ4v) is 3.42. The van der Waals surface area contributed by atoms with Crippen molar-refractivity contribution in [1.82, 2.24) is 29.8 Å². The monoisotopic (exact) mass is 366 g/mol. The van der Waals surface area contributed by atoms with Gasteiger partial charge in [0.2, 0.25) is 0 Å². The molecule has 0 bridgehead atoms. The van der Waals surface area contributed by atoms with Crippen LogP contribution >= 0.6 is 0 Å². The van der Waals surface area contributed by atoms with Gasteiger partial charge in [-0.15, -0.1) is 5.10 Å². The van der Waals surface area contributed by atoms with Crippen molar-refractivity contribution in [3.63, 3.8) is 0 Å². The second-order valence-corrected chi connectivity index (χ2v) is 6.70. The first-order valence-corrected chi connectivity index (χ1v) is 9.11. The second kappa shape index (κ2) is 6.42. The summed E-state index contributed by atoms with van der Waals surface area (Å²) in [4.78, 5) is 0. The highest BCUT2D eigenvalue weighted by atomic mass is 15.3. The highest BCUT2D eigenvalue weighted by Gasteiger charge is 2.18. The lowest BCUT2D eigenvalue weighted by Gasteiger charge is -2.05. The van der Waals surface area contributed by atoms with Crippen molar-refractivity contribution in [1.29, 1.82) is 0 Å². The van der Waals surface area contributed by atoms with E-state index in [0.717, 1.165) is 44.9 Å². The molecule has 0 saturated carbocycles. The average Bonchev–Trinajstić information content (AvgIpc) is 3.35. The first-order chi connectivity index (χ1) is 13.7. The summed E-state index contributed by atoms with van der Waals surface area (Å²) in [6.45, 7) is 3.98. The molecule has 3 heterocycles. The van der Waals surface area contributed by atoms with E-state index in [1.165, 1.54) is 0 Å². The molecule has 3 aromatic heterocycles. The van der Waals surface area contributed by atoms with Crippen LogP contribution in [0.4, 0.5) is 0 Å². The quantitative estimate of drug-likeness (QED) is 0.478. The smallest absolute Gasteiger partial charge is 0.118 e. The average molecular weight is 366 g/mol. The van der Waals surface area contributed by atoms with E-state index in [9.17, 15) is 0 Å². The van der Waals surface area contributed by atoms with Crippen molar-refractivity contribution in [2.75, 3.05) is 0 Å². The summed E-state index contributed by atoms with van der Waals surface area (Å²) in [5, 5.41) is 19.1. The molecule has 0 aliphatic heterocycles. The Morgan fingerprint density at radius 3 is 2.18 bits per heavy atom. The minimum Gasteiger partial charge on any atom is -0.240 e. The lowest BCUT2D eigenvalue weighted by Crippen LogP contribution is -1.99. The van der Waals surface area contributed by atoms with Crippen LogP contribution < -0.4 is 0 Å². The van der Waals surface area contributed by atoms with Crippen LogP contribution in [0.3, 0.4) is 0 Å². The van der Waals surface area contributed by atoms with Crippen LogP contribution in [0.15, 0.2) is 73.1 Å². The molecule has 5 aromatic rings. The topological polar surface area (TPSA) is 61.4 Å². The largest absolute Gasteiger partial charge is 0.240 e. The molecule has 0 unspecified atom stereocenters. The molecule has 0 fully saturated rings. The summed E-state index contributed by atoms with van der Waals surface area (Å²) in [5.41, 5.74) is 6.43. The number of nitrogens with zero attached hydrogens (tertiary/aromatic N) is 6. The minimum atomic E-state index is 0.794. The Labute approximate surface area is 162 Å². The summed E-state index contributed by atoms with van der Waals surface area (Å²) in [6.07, 6.45) is 3.86. The van der Waals surface area contributed by atoms with Gasteiger partial charge in [0.25, 0.3) is 0 Å². The van der Waals surface area contributed by atoms with Crippen molar-refractivity contribution >= 4 is 10.9 Å². The molecule has 0 radical (unpaired) electrons. The summed E-state index contributed by atoms with van der Waals surface area (Å²) >= 11 is 0. The first kappa shape index (κ1) is 16.4. The van der Waals surface area contributed by atoms with Gasteiger partial charge in [0, 0.05) is 11.8 Å². The van der Waals surface area contributed by atoms with Gasteiger partial charge in [-0.2, -0.15) is 15.3 Å². The highest BCUT2D eigenvalue weighted by molar-refractivity contribution is 5.93. The Bertz CT molecular complexity index is 1270. The van der Waals surface area contributed by atoms with Crippen LogP contribution in [-0.4, -0.2) is 29.8 Å². The van der Waals surface area contributed by atoms with E-state index in [1.807, 2.05) is 96.3 Å². The summed E-state index contributed by atoms with van der Waals surface area (Å²) in [7, 11) is 0. The molecule has 0 saturated heterocycles. The normalized spacial score (nSPS) is 11.2. The molecule has 0 atom stereocenters. The van der Waals surface area contributed by atoms with Crippen molar-refractivity contribution in [2.45, 2.75) is 13.8 Å². The van der Waals surface area contributed by atoms with E-state index in [0.29, 0.717) is 0 Å².